The standard InChI is InChI=1S/C40H52ClN3O6S/c1-26-8-6-19-40(49-4,22-37(45)43(3)32-10-5-11-32)34-15-12-30(34)23-44-24-39(18-7-9-28-20-31(41)14-16-33(28)39)25-50-36-17-13-29(21-35(36)44)38(46)42-51(47,48)27(26)2/h6,13-14,16-17,19-21,26-27,30,32,34H,5,7-12,15,18,22-25H2,1-4H3,(H,42,46)/b19-6-/t26-,27+,30-,34+,39-,40+/m0/s1. The van der Waals surface area contributed by atoms with E-state index in [2.05, 4.69) is 27.8 Å². The minimum Gasteiger partial charge on any atom is -0.490 e. The minimum atomic E-state index is -4.00. The van der Waals surface area contributed by atoms with Crippen molar-refractivity contribution < 1.29 is 27.5 Å². The van der Waals surface area contributed by atoms with Crippen molar-refractivity contribution in [2.45, 2.75) is 100 Å². The van der Waals surface area contributed by atoms with Gasteiger partial charge < -0.3 is 19.3 Å². The van der Waals surface area contributed by atoms with Crippen LogP contribution in [0, 0.1) is 17.8 Å². The molecule has 7 rings (SSSR count). The number of rotatable bonds is 4. The highest BCUT2D eigenvalue weighted by Crippen LogP contribution is 2.50. The van der Waals surface area contributed by atoms with Crippen molar-refractivity contribution in [2.24, 2.45) is 17.8 Å². The summed E-state index contributed by atoms with van der Waals surface area (Å²) in [4.78, 5) is 31.8. The average Bonchev–Trinajstić information content (AvgIpc) is 3.21. The zero-order valence-electron chi connectivity index (χ0n) is 30.3. The summed E-state index contributed by atoms with van der Waals surface area (Å²) in [5.41, 5.74) is 2.38. The van der Waals surface area contributed by atoms with E-state index in [9.17, 15) is 18.0 Å². The number of carbonyl (C=O) groups excluding carboxylic acids is 2. The summed E-state index contributed by atoms with van der Waals surface area (Å²) in [7, 11) is -0.374. The number of sulfonamides is 1. The molecular weight excluding hydrogens is 686 g/mol. The molecule has 5 aliphatic rings. The number of aryl methyl sites for hydroxylation is 1. The van der Waals surface area contributed by atoms with Crippen LogP contribution in [0.3, 0.4) is 0 Å². The van der Waals surface area contributed by atoms with Gasteiger partial charge in [-0.15, -0.1) is 0 Å². The number of nitrogens with zero attached hydrogens (tertiary/aromatic N) is 2. The molecule has 2 aromatic rings. The molecular formula is C40H52ClN3O6S. The average molecular weight is 738 g/mol. The molecule has 3 aliphatic carbocycles. The van der Waals surface area contributed by atoms with Crippen molar-refractivity contribution in [3.63, 3.8) is 0 Å². The summed E-state index contributed by atoms with van der Waals surface area (Å²) in [5.74, 6) is 0.0725. The van der Waals surface area contributed by atoms with E-state index in [4.69, 9.17) is 21.1 Å². The summed E-state index contributed by atoms with van der Waals surface area (Å²) in [6, 6.07) is 11.7. The van der Waals surface area contributed by atoms with Crippen molar-refractivity contribution in [1.82, 2.24) is 9.62 Å². The van der Waals surface area contributed by atoms with E-state index in [1.54, 1.807) is 32.2 Å². The van der Waals surface area contributed by atoms with Crippen molar-refractivity contribution in [3.05, 3.63) is 70.3 Å². The van der Waals surface area contributed by atoms with Gasteiger partial charge in [-0.25, -0.2) is 13.1 Å². The van der Waals surface area contributed by atoms with Crippen LogP contribution in [-0.2, 0) is 31.4 Å². The van der Waals surface area contributed by atoms with Crippen LogP contribution in [0.4, 0.5) is 5.69 Å². The van der Waals surface area contributed by atoms with E-state index >= 15 is 0 Å². The van der Waals surface area contributed by atoms with Crippen LogP contribution in [0.5, 0.6) is 5.75 Å². The van der Waals surface area contributed by atoms with E-state index in [1.807, 2.05) is 31.0 Å². The number of anilines is 1. The van der Waals surface area contributed by atoms with E-state index in [-0.39, 0.29) is 47.1 Å². The molecule has 0 saturated heterocycles. The SMILES string of the molecule is CO[C@@]1(CC(=O)N(C)C2CCC2)/C=C\C[C@H](C)[C@@H](C)S(=O)(=O)NC(=O)c2ccc3c(c2)N(C[C@@H]2CC[C@H]21)C[C@@]1(CCCc2cc(Cl)ccc21)CO3. The Hall–Kier alpha value is -3.08. The van der Waals surface area contributed by atoms with Gasteiger partial charge in [-0.05, 0) is 124 Å². The van der Waals surface area contributed by atoms with Gasteiger partial charge in [-0.2, -0.15) is 0 Å². The van der Waals surface area contributed by atoms with Gasteiger partial charge in [0, 0.05) is 49.3 Å². The van der Waals surface area contributed by atoms with E-state index in [0.29, 0.717) is 31.9 Å². The maximum atomic E-state index is 13.9. The minimum absolute atomic E-state index is 0.0642. The van der Waals surface area contributed by atoms with E-state index in [0.717, 1.165) is 62.1 Å². The first-order valence-corrected chi connectivity index (χ1v) is 20.6. The molecule has 2 fully saturated rings. The predicted octanol–water partition coefficient (Wildman–Crippen LogP) is 6.67. The molecule has 11 heteroatoms. The molecule has 1 N–H and O–H groups in total. The van der Waals surface area contributed by atoms with Crippen LogP contribution in [0.15, 0.2) is 48.6 Å². The summed E-state index contributed by atoms with van der Waals surface area (Å²) >= 11 is 6.47. The maximum Gasteiger partial charge on any atom is 0.264 e. The fourth-order valence-electron chi connectivity index (χ4n) is 9.17. The number of amides is 2. The second-order valence-corrected chi connectivity index (χ2v) is 18.4. The topological polar surface area (TPSA) is 105 Å². The molecule has 2 aromatic carbocycles. The molecule has 2 bridgehead atoms. The highest BCUT2D eigenvalue weighted by Gasteiger charge is 2.50. The van der Waals surface area contributed by atoms with Crippen LogP contribution in [0.1, 0.15) is 93.1 Å². The Labute approximate surface area is 308 Å². The fourth-order valence-corrected chi connectivity index (χ4v) is 10.7. The molecule has 51 heavy (non-hydrogen) atoms. The Morgan fingerprint density at radius 1 is 1.12 bits per heavy atom. The molecule has 0 aromatic heterocycles. The van der Waals surface area contributed by atoms with Gasteiger partial charge in [0.15, 0.2) is 0 Å². The molecule has 2 aliphatic heterocycles. The number of benzene rings is 2. The van der Waals surface area contributed by atoms with Crippen LogP contribution >= 0.6 is 11.6 Å². The zero-order chi connectivity index (χ0) is 36.1. The Balaban J connectivity index is 1.31. The first-order valence-electron chi connectivity index (χ1n) is 18.7. The lowest BCUT2D eigenvalue weighted by atomic mass is 9.62. The predicted molar refractivity (Wildman–Crippen MR) is 200 cm³/mol. The van der Waals surface area contributed by atoms with E-state index < -0.39 is 26.8 Å². The molecule has 6 atom stereocenters. The Kier molecular flexibility index (Phi) is 10.00. The molecule has 9 nitrogen and oxygen atoms in total. The van der Waals surface area contributed by atoms with Crippen LogP contribution in [0.2, 0.25) is 5.02 Å². The number of allylic oxidation sites excluding steroid dienone is 1. The Morgan fingerprint density at radius 2 is 1.92 bits per heavy atom. The first kappa shape index (κ1) is 36.3. The van der Waals surface area contributed by atoms with Crippen molar-refractivity contribution in [3.8, 4) is 5.75 Å². The Bertz CT molecular complexity index is 1810. The van der Waals surface area contributed by atoms with Gasteiger partial charge in [0.25, 0.3) is 5.91 Å². The summed E-state index contributed by atoms with van der Waals surface area (Å²) in [5, 5.41) is -0.110. The van der Waals surface area contributed by atoms with Gasteiger partial charge in [-0.1, -0.05) is 36.7 Å². The molecule has 0 radical (unpaired) electrons. The second kappa shape index (κ2) is 14.0. The second-order valence-electron chi connectivity index (χ2n) is 16.0. The smallest absolute Gasteiger partial charge is 0.264 e. The van der Waals surface area contributed by atoms with Gasteiger partial charge in [-0.3, -0.25) is 9.59 Å². The van der Waals surface area contributed by atoms with E-state index in [1.165, 1.54) is 11.1 Å². The third-order valence-electron chi connectivity index (χ3n) is 13.1. The maximum absolute atomic E-state index is 13.9. The zero-order valence-corrected chi connectivity index (χ0v) is 31.9. The number of hydrogen-bond donors (Lipinski definition) is 1. The van der Waals surface area contributed by atoms with Gasteiger partial charge in [0.1, 0.15) is 5.75 Å². The van der Waals surface area contributed by atoms with Crippen LogP contribution in [-0.4, -0.2) is 75.9 Å². The first-order chi connectivity index (χ1) is 24.3. The lowest BCUT2D eigenvalue weighted by Gasteiger charge is -2.51. The molecule has 2 saturated carbocycles. The Morgan fingerprint density at radius 3 is 2.63 bits per heavy atom. The normalized spacial score (nSPS) is 32.6. The quantitative estimate of drug-likeness (QED) is 0.350. The number of methoxy groups -OCH3 is 1. The third kappa shape index (κ3) is 6.81. The number of hydrogen-bond acceptors (Lipinski definition) is 7. The number of ether oxygens (including phenoxy) is 2. The fraction of sp³-hybridized carbons (Fsp3) is 0.600. The number of carbonyl (C=O) groups is 2. The van der Waals surface area contributed by atoms with Crippen molar-refractivity contribution >= 4 is 39.1 Å². The van der Waals surface area contributed by atoms with Gasteiger partial charge >= 0.3 is 0 Å². The van der Waals surface area contributed by atoms with Gasteiger partial charge in [0.2, 0.25) is 15.9 Å². The number of nitrogens with one attached hydrogen (secondary N) is 1. The molecule has 276 valence electrons. The number of halogens is 1. The molecule has 0 unspecified atom stereocenters. The molecule has 2 amide bonds. The highest BCUT2D eigenvalue weighted by atomic mass is 35.5. The number of fused-ring (bicyclic) bond motifs is 4. The van der Waals surface area contributed by atoms with Crippen molar-refractivity contribution in [2.75, 3.05) is 38.8 Å². The lowest BCUT2D eigenvalue weighted by Crippen LogP contribution is -2.55. The summed E-state index contributed by atoms with van der Waals surface area (Å²) < 4.78 is 42.6. The van der Waals surface area contributed by atoms with Gasteiger partial charge in [0.05, 0.1) is 29.6 Å². The summed E-state index contributed by atoms with van der Waals surface area (Å²) in [6.45, 7) is 5.33. The van der Waals surface area contributed by atoms with Crippen molar-refractivity contribution in [1.29, 1.82) is 0 Å². The molecule has 1 spiro atoms. The van der Waals surface area contributed by atoms with Crippen LogP contribution < -0.4 is 14.4 Å². The summed E-state index contributed by atoms with van der Waals surface area (Å²) in [6.07, 6.45) is 12.7. The van der Waals surface area contributed by atoms with Crippen LogP contribution in [0.25, 0.3) is 0 Å². The third-order valence-corrected chi connectivity index (χ3v) is 15.2. The largest absolute Gasteiger partial charge is 0.490 e. The monoisotopic (exact) mass is 737 g/mol. The molecule has 2 heterocycles. The highest BCUT2D eigenvalue weighted by molar-refractivity contribution is 7.90. The lowest BCUT2D eigenvalue weighted by molar-refractivity contribution is -0.144.